The Kier molecular flexibility index (Phi) is 10.8. The largest absolute Gasteiger partial charge is 0.392 e. The highest BCUT2D eigenvalue weighted by Crippen LogP contribution is 2.42. The van der Waals surface area contributed by atoms with Gasteiger partial charge in [-0.25, -0.2) is 22.0 Å². The monoisotopic (exact) mass is 704 g/mol. The van der Waals surface area contributed by atoms with Gasteiger partial charge in [0.25, 0.3) is 5.91 Å². The number of hydrogen-bond donors (Lipinski definition) is 2. The van der Waals surface area contributed by atoms with Crippen LogP contribution in [0.25, 0.3) is 10.8 Å². The van der Waals surface area contributed by atoms with Gasteiger partial charge < -0.3 is 19.9 Å². The fraction of sp³-hybridized carbons (Fsp3) is 0.275. The molecule has 0 radical (unpaired) electrons. The quantitative estimate of drug-likeness (QED) is 0.0868. The van der Waals surface area contributed by atoms with Crippen molar-refractivity contribution in [2.24, 2.45) is 5.92 Å². The molecule has 2 N–H and O–H groups in total. The van der Waals surface area contributed by atoms with Crippen LogP contribution >= 0.6 is 0 Å². The molecule has 5 atom stereocenters. The molecule has 266 valence electrons. The van der Waals surface area contributed by atoms with Gasteiger partial charge in [-0.2, -0.15) is 0 Å². The third kappa shape index (κ3) is 7.52. The molecule has 6 rings (SSSR count). The minimum atomic E-state index is -2.34. The number of rotatable bonds is 10. The highest BCUT2D eigenvalue weighted by molar-refractivity contribution is 5.94. The van der Waals surface area contributed by atoms with Gasteiger partial charge in [0, 0.05) is 30.6 Å². The van der Waals surface area contributed by atoms with Crippen molar-refractivity contribution in [1.29, 1.82) is 0 Å². The van der Waals surface area contributed by atoms with Crippen molar-refractivity contribution in [2.75, 3.05) is 13.6 Å². The molecule has 11 heteroatoms. The van der Waals surface area contributed by atoms with Gasteiger partial charge >= 0.3 is 0 Å². The fourth-order valence-corrected chi connectivity index (χ4v) is 6.36. The molecular weight excluding hydrogens is 667 g/mol. The van der Waals surface area contributed by atoms with Gasteiger partial charge in [-0.3, -0.25) is 9.69 Å². The number of fused-ring (bicyclic) bond motifs is 1. The number of nitrogens with zero attached hydrogens (tertiary/aromatic N) is 1. The topological polar surface area (TPSA) is 71.0 Å². The van der Waals surface area contributed by atoms with Crippen LogP contribution in [-0.2, 0) is 22.6 Å². The molecule has 0 bridgehead atoms. The summed E-state index contributed by atoms with van der Waals surface area (Å²) in [6, 6.07) is 29.1. The van der Waals surface area contributed by atoms with Crippen molar-refractivity contribution in [3.63, 3.8) is 0 Å². The zero-order valence-corrected chi connectivity index (χ0v) is 28.2. The van der Waals surface area contributed by atoms with Crippen LogP contribution < -0.4 is 5.32 Å². The lowest BCUT2D eigenvalue weighted by Gasteiger charge is -2.43. The predicted molar refractivity (Wildman–Crippen MR) is 182 cm³/mol. The second-order valence-corrected chi connectivity index (χ2v) is 12.9. The first kappa shape index (κ1) is 36.1. The van der Waals surface area contributed by atoms with Crippen LogP contribution in [0.15, 0.2) is 91.0 Å². The summed E-state index contributed by atoms with van der Waals surface area (Å²) in [7, 11) is 2.06. The van der Waals surface area contributed by atoms with Crippen molar-refractivity contribution >= 4 is 16.7 Å². The van der Waals surface area contributed by atoms with Crippen LogP contribution in [0.2, 0.25) is 0 Å². The summed E-state index contributed by atoms with van der Waals surface area (Å²) >= 11 is 0. The lowest BCUT2D eigenvalue weighted by atomic mass is 9.89. The van der Waals surface area contributed by atoms with E-state index in [-0.39, 0.29) is 37.3 Å². The number of ether oxygens (including phenoxy) is 2. The van der Waals surface area contributed by atoms with Crippen LogP contribution in [-0.4, -0.2) is 35.6 Å². The number of nitrogens with one attached hydrogen (secondary N) is 1. The molecule has 5 aromatic rings. The third-order valence-electron chi connectivity index (χ3n) is 9.65. The number of benzene rings is 5. The highest BCUT2D eigenvalue weighted by atomic mass is 19.2. The number of amides is 1. The number of carbonyl (C=O) groups is 1. The SMILES string of the molecule is CC1C(CN(C)C(C)c2ccc3ccccc3c2)OC(c2ccc(CNC(=O)c3c(F)c(F)c(F)c(F)c3F)cc2)OC1c1ccc(CO)cc1. The molecular formula is C40H37F5N2O4. The minimum absolute atomic E-state index is 0.0658. The standard InChI is InChI=1S/C40H37F5N2O4/c1-22-31(20-47(3)23(2)29-17-16-26-6-4-5-7-30(26)18-29)50-40(51-38(22)27-12-10-25(21-48)11-13-27)28-14-8-24(9-15-28)19-46-39(49)32-33(41)35(43)37(45)36(44)34(32)42/h4-18,22-23,31,38,40,48H,19-21H2,1-3H3,(H,46,49). The van der Waals surface area contributed by atoms with E-state index in [1.807, 2.05) is 36.4 Å². The molecule has 1 amide bonds. The molecule has 0 aromatic heterocycles. The van der Waals surface area contributed by atoms with E-state index >= 15 is 0 Å². The van der Waals surface area contributed by atoms with Crippen LogP contribution in [0.3, 0.4) is 0 Å². The minimum Gasteiger partial charge on any atom is -0.392 e. The summed E-state index contributed by atoms with van der Waals surface area (Å²) in [4.78, 5) is 14.7. The van der Waals surface area contributed by atoms with E-state index < -0.39 is 46.8 Å². The second kappa shape index (κ2) is 15.3. The molecule has 5 aromatic carbocycles. The lowest BCUT2D eigenvalue weighted by Crippen LogP contribution is -2.44. The van der Waals surface area contributed by atoms with Crippen LogP contribution in [0.4, 0.5) is 22.0 Å². The van der Waals surface area contributed by atoms with E-state index in [0.29, 0.717) is 17.7 Å². The van der Waals surface area contributed by atoms with Crippen molar-refractivity contribution in [3.05, 3.63) is 153 Å². The summed E-state index contributed by atoms with van der Waals surface area (Å²) < 4.78 is 82.1. The van der Waals surface area contributed by atoms with Gasteiger partial charge in [0.2, 0.25) is 5.82 Å². The highest BCUT2D eigenvalue weighted by Gasteiger charge is 2.39. The van der Waals surface area contributed by atoms with Gasteiger partial charge in [0.15, 0.2) is 29.6 Å². The summed E-state index contributed by atoms with van der Waals surface area (Å²) in [5, 5.41) is 14.1. The van der Waals surface area contributed by atoms with E-state index in [9.17, 15) is 31.9 Å². The first-order valence-corrected chi connectivity index (χ1v) is 16.5. The smallest absolute Gasteiger partial charge is 0.257 e. The Morgan fingerprint density at radius 2 is 1.37 bits per heavy atom. The van der Waals surface area contributed by atoms with Gasteiger partial charge in [0.1, 0.15) is 5.56 Å². The average Bonchev–Trinajstić information content (AvgIpc) is 3.16. The maximum absolute atomic E-state index is 14.1. The Morgan fingerprint density at radius 1 is 0.784 bits per heavy atom. The average molecular weight is 705 g/mol. The molecule has 5 unspecified atom stereocenters. The van der Waals surface area contributed by atoms with Crippen LogP contribution in [0, 0.1) is 35.0 Å². The molecule has 1 saturated heterocycles. The van der Waals surface area contributed by atoms with E-state index in [0.717, 1.165) is 16.5 Å². The van der Waals surface area contributed by atoms with Crippen molar-refractivity contribution < 1.29 is 41.3 Å². The fourth-order valence-electron chi connectivity index (χ4n) is 6.36. The number of aliphatic hydroxyl groups excluding tert-OH is 1. The molecule has 1 aliphatic heterocycles. The summed E-state index contributed by atoms with van der Waals surface area (Å²) in [6.07, 6.45) is -1.40. The van der Waals surface area contributed by atoms with Crippen molar-refractivity contribution in [3.8, 4) is 0 Å². The summed E-state index contributed by atoms with van der Waals surface area (Å²) in [5.41, 5.74) is 2.49. The molecule has 0 spiro atoms. The van der Waals surface area contributed by atoms with Gasteiger partial charge in [-0.1, -0.05) is 91.9 Å². The molecule has 1 heterocycles. The van der Waals surface area contributed by atoms with Crippen molar-refractivity contribution in [1.82, 2.24) is 10.2 Å². The number of hydrogen-bond acceptors (Lipinski definition) is 5. The Morgan fingerprint density at radius 3 is 2.02 bits per heavy atom. The summed E-state index contributed by atoms with van der Waals surface area (Å²) in [5.74, 6) is -12.6. The van der Waals surface area contributed by atoms with Crippen molar-refractivity contribution in [2.45, 2.75) is 51.5 Å². The molecule has 0 saturated carbocycles. The maximum Gasteiger partial charge on any atom is 0.257 e. The van der Waals surface area contributed by atoms with E-state index in [2.05, 4.69) is 61.4 Å². The summed E-state index contributed by atoms with van der Waals surface area (Å²) in [6.45, 7) is 4.49. The zero-order chi connectivity index (χ0) is 36.4. The Labute approximate surface area is 292 Å². The normalized spacial score (nSPS) is 19.7. The Hall–Kier alpha value is -4.68. The first-order valence-electron chi connectivity index (χ1n) is 16.5. The van der Waals surface area contributed by atoms with Crippen LogP contribution in [0.1, 0.15) is 70.5 Å². The van der Waals surface area contributed by atoms with Crippen LogP contribution in [0.5, 0.6) is 0 Å². The molecule has 1 aliphatic rings. The molecule has 51 heavy (non-hydrogen) atoms. The van der Waals surface area contributed by atoms with E-state index in [1.54, 1.807) is 24.3 Å². The lowest BCUT2D eigenvalue weighted by molar-refractivity contribution is -0.276. The number of carbonyl (C=O) groups excluding carboxylic acids is 1. The Balaban J connectivity index is 1.19. The predicted octanol–water partition coefficient (Wildman–Crippen LogP) is 8.44. The number of halogens is 5. The van der Waals surface area contributed by atoms with E-state index in [1.165, 1.54) is 10.9 Å². The van der Waals surface area contributed by atoms with Gasteiger partial charge in [0.05, 0.1) is 18.8 Å². The number of aliphatic hydroxyl groups is 1. The first-order chi connectivity index (χ1) is 24.5. The van der Waals surface area contributed by atoms with E-state index in [4.69, 9.17) is 9.47 Å². The molecule has 1 fully saturated rings. The molecule has 6 nitrogen and oxygen atoms in total. The second-order valence-electron chi connectivity index (χ2n) is 12.9. The third-order valence-corrected chi connectivity index (χ3v) is 9.65. The van der Waals surface area contributed by atoms with Gasteiger partial charge in [-0.05, 0) is 53.1 Å². The van der Waals surface area contributed by atoms with Gasteiger partial charge in [-0.15, -0.1) is 0 Å². The molecule has 0 aliphatic carbocycles. The number of likely N-dealkylation sites (N-methyl/N-ethyl adjacent to an activating group) is 1. The zero-order valence-electron chi connectivity index (χ0n) is 28.2. The Bertz CT molecular complexity index is 2000. The maximum atomic E-state index is 14.1.